The van der Waals surface area contributed by atoms with Crippen LogP contribution in [-0.2, 0) is 11.3 Å². The van der Waals surface area contributed by atoms with Crippen LogP contribution in [0, 0.1) is 17.8 Å². The van der Waals surface area contributed by atoms with Gasteiger partial charge >= 0.3 is 6.09 Å². The Morgan fingerprint density at radius 2 is 1.87 bits per heavy atom. The van der Waals surface area contributed by atoms with Gasteiger partial charge in [-0.15, -0.1) is 0 Å². The predicted molar refractivity (Wildman–Crippen MR) is 91.4 cm³/mol. The zero-order valence-corrected chi connectivity index (χ0v) is 14.8. The molecular weight excluding hydrogens is 312 g/mol. The zero-order valence-electron chi connectivity index (χ0n) is 14.0. The van der Waals surface area contributed by atoms with E-state index in [-0.39, 0.29) is 6.09 Å². The highest BCUT2D eigenvalue weighted by atomic mass is 35.5. The van der Waals surface area contributed by atoms with E-state index in [0.29, 0.717) is 17.8 Å². The molecule has 0 unspecified atom stereocenters. The van der Waals surface area contributed by atoms with Crippen LogP contribution in [0.4, 0.5) is 4.79 Å². The summed E-state index contributed by atoms with van der Waals surface area (Å²) < 4.78 is 5.43. The van der Waals surface area contributed by atoms with Gasteiger partial charge in [0.1, 0.15) is 5.60 Å². The first kappa shape index (κ1) is 16.6. The third-order valence-electron chi connectivity index (χ3n) is 4.65. The monoisotopic (exact) mass is 336 g/mol. The van der Waals surface area contributed by atoms with Crippen molar-refractivity contribution in [3.05, 3.63) is 34.9 Å². The standard InChI is InChI=1S/C18H25ClN2O2/c1-18(2,3)23-17(22)21-10-15-14(16(15)11-21)9-20-8-12-4-6-13(19)7-5-12/h4-7,14-16,20H,8-11H2,1-3H3/t14-,15-,16+. The molecule has 2 fully saturated rings. The van der Waals surface area contributed by atoms with Gasteiger partial charge in [-0.3, -0.25) is 0 Å². The van der Waals surface area contributed by atoms with Crippen LogP contribution >= 0.6 is 11.6 Å². The van der Waals surface area contributed by atoms with Crippen LogP contribution in [0.5, 0.6) is 0 Å². The van der Waals surface area contributed by atoms with Crippen molar-refractivity contribution < 1.29 is 9.53 Å². The molecule has 2 aliphatic rings. The number of fused-ring (bicyclic) bond motifs is 1. The number of hydrogen-bond acceptors (Lipinski definition) is 3. The lowest BCUT2D eigenvalue weighted by molar-refractivity contribution is 0.0265. The van der Waals surface area contributed by atoms with Crippen LogP contribution in [0.15, 0.2) is 24.3 Å². The molecule has 1 heterocycles. The van der Waals surface area contributed by atoms with E-state index in [0.717, 1.165) is 31.2 Å². The molecule has 0 bridgehead atoms. The van der Waals surface area contributed by atoms with E-state index in [4.69, 9.17) is 16.3 Å². The Balaban J connectivity index is 1.37. The van der Waals surface area contributed by atoms with E-state index in [1.165, 1.54) is 5.56 Å². The fourth-order valence-electron chi connectivity index (χ4n) is 3.41. The molecule has 1 saturated heterocycles. The lowest BCUT2D eigenvalue weighted by Gasteiger charge is -2.26. The van der Waals surface area contributed by atoms with Crippen LogP contribution in [0.1, 0.15) is 26.3 Å². The number of carbonyl (C=O) groups excluding carboxylic acids is 1. The molecule has 5 heteroatoms. The lowest BCUT2D eigenvalue weighted by Crippen LogP contribution is -2.37. The van der Waals surface area contributed by atoms with E-state index in [2.05, 4.69) is 5.32 Å². The first-order valence-corrected chi connectivity index (χ1v) is 8.64. The summed E-state index contributed by atoms with van der Waals surface area (Å²) in [7, 11) is 0. The number of rotatable bonds is 4. The largest absolute Gasteiger partial charge is 0.444 e. The topological polar surface area (TPSA) is 41.6 Å². The van der Waals surface area contributed by atoms with Gasteiger partial charge in [-0.25, -0.2) is 4.79 Å². The summed E-state index contributed by atoms with van der Waals surface area (Å²) in [5.74, 6) is 1.97. The summed E-state index contributed by atoms with van der Waals surface area (Å²) >= 11 is 5.89. The smallest absolute Gasteiger partial charge is 0.410 e. The van der Waals surface area contributed by atoms with Gasteiger partial charge in [0.2, 0.25) is 0 Å². The third kappa shape index (κ3) is 4.18. The highest BCUT2D eigenvalue weighted by Gasteiger charge is 2.56. The number of amides is 1. The van der Waals surface area contributed by atoms with Crippen LogP contribution in [0.2, 0.25) is 5.02 Å². The van der Waals surface area contributed by atoms with Gasteiger partial charge in [0.15, 0.2) is 0 Å². The minimum Gasteiger partial charge on any atom is -0.444 e. The number of halogens is 1. The summed E-state index contributed by atoms with van der Waals surface area (Å²) in [6, 6.07) is 7.94. The second kappa shape index (κ2) is 6.33. The Bertz CT molecular complexity index is 555. The maximum atomic E-state index is 12.0. The van der Waals surface area contributed by atoms with Crippen molar-refractivity contribution in [1.82, 2.24) is 10.2 Å². The van der Waals surface area contributed by atoms with Crippen molar-refractivity contribution in [3.8, 4) is 0 Å². The number of nitrogens with one attached hydrogen (secondary N) is 1. The van der Waals surface area contributed by atoms with Crippen LogP contribution in [-0.4, -0.2) is 36.2 Å². The lowest BCUT2D eigenvalue weighted by atomic mass is 10.2. The molecule has 126 valence electrons. The van der Waals surface area contributed by atoms with Crippen molar-refractivity contribution in [2.45, 2.75) is 32.9 Å². The van der Waals surface area contributed by atoms with E-state index >= 15 is 0 Å². The molecule has 1 N–H and O–H groups in total. The highest BCUT2D eigenvalue weighted by molar-refractivity contribution is 6.30. The maximum Gasteiger partial charge on any atom is 0.410 e. The van der Waals surface area contributed by atoms with Gasteiger partial charge in [0.25, 0.3) is 0 Å². The van der Waals surface area contributed by atoms with E-state index in [1.807, 2.05) is 49.9 Å². The van der Waals surface area contributed by atoms with Gasteiger partial charge in [0.05, 0.1) is 0 Å². The van der Waals surface area contributed by atoms with Crippen molar-refractivity contribution in [1.29, 1.82) is 0 Å². The van der Waals surface area contributed by atoms with Crippen molar-refractivity contribution in [2.75, 3.05) is 19.6 Å². The molecule has 4 nitrogen and oxygen atoms in total. The van der Waals surface area contributed by atoms with Crippen LogP contribution in [0.3, 0.4) is 0 Å². The molecule has 23 heavy (non-hydrogen) atoms. The minimum atomic E-state index is -0.413. The predicted octanol–water partition coefficient (Wildman–Crippen LogP) is 3.54. The number of carbonyl (C=O) groups is 1. The molecule has 0 radical (unpaired) electrons. The Morgan fingerprint density at radius 1 is 1.26 bits per heavy atom. The van der Waals surface area contributed by atoms with Gasteiger partial charge < -0.3 is 15.0 Å². The van der Waals surface area contributed by atoms with Gasteiger partial charge in [-0.05, 0) is 62.8 Å². The molecular formula is C18H25ClN2O2. The summed E-state index contributed by atoms with van der Waals surface area (Å²) in [6.07, 6.45) is -0.169. The number of hydrogen-bond donors (Lipinski definition) is 1. The second-order valence-electron chi connectivity index (χ2n) is 7.63. The van der Waals surface area contributed by atoms with Crippen molar-refractivity contribution >= 4 is 17.7 Å². The molecule has 1 aliphatic carbocycles. The maximum absolute atomic E-state index is 12.0. The summed E-state index contributed by atoms with van der Waals surface area (Å²) in [6.45, 7) is 9.28. The summed E-state index contributed by atoms with van der Waals surface area (Å²) in [4.78, 5) is 13.9. The van der Waals surface area contributed by atoms with E-state index < -0.39 is 5.60 Å². The molecule has 0 aromatic heterocycles. The fourth-order valence-corrected chi connectivity index (χ4v) is 3.54. The van der Waals surface area contributed by atoms with E-state index in [1.54, 1.807) is 0 Å². The SMILES string of the molecule is CC(C)(C)OC(=O)N1C[C@@H]2[C@@H](CNCc3ccc(Cl)cc3)[C@@H]2C1. The number of likely N-dealkylation sites (tertiary alicyclic amines) is 1. The molecule has 1 aromatic carbocycles. The molecule has 0 spiro atoms. The van der Waals surface area contributed by atoms with E-state index in [9.17, 15) is 4.79 Å². The zero-order chi connectivity index (χ0) is 16.6. The van der Waals surface area contributed by atoms with Crippen molar-refractivity contribution in [3.63, 3.8) is 0 Å². The Morgan fingerprint density at radius 3 is 2.43 bits per heavy atom. The Kier molecular flexibility index (Phi) is 4.56. The van der Waals surface area contributed by atoms with Crippen LogP contribution < -0.4 is 5.32 Å². The summed E-state index contributed by atoms with van der Waals surface area (Å²) in [5.41, 5.74) is 0.833. The molecule has 1 aliphatic heterocycles. The van der Waals surface area contributed by atoms with Crippen LogP contribution in [0.25, 0.3) is 0 Å². The number of benzene rings is 1. The molecule has 3 rings (SSSR count). The quantitative estimate of drug-likeness (QED) is 0.914. The molecule has 3 atom stereocenters. The number of ether oxygens (including phenoxy) is 1. The van der Waals surface area contributed by atoms with Crippen molar-refractivity contribution in [2.24, 2.45) is 17.8 Å². The first-order valence-electron chi connectivity index (χ1n) is 8.26. The average molecular weight is 337 g/mol. The summed E-state index contributed by atoms with van der Waals surface area (Å²) in [5, 5.41) is 4.29. The second-order valence-corrected chi connectivity index (χ2v) is 8.07. The first-order chi connectivity index (χ1) is 10.8. The third-order valence-corrected chi connectivity index (χ3v) is 4.90. The normalized spacial score (nSPS) is 26.1. The molecule has 1 saturated carbocycles. The Hall–Kier alpha value is -1.26. The van der Waals surface area contributed by atoms with Gasteiger partial charge in [0, 0.05) is 24.7 Å². The number of nitrogens with zero attached hydrogens (tertiary/aromatic N) is 1. The van der Waals surface area contributed by atoms with Gasteiger partial charge in [-0.1, -0.05) is 23.7 Å². The molecule has 1 amide bonds. The Labute approximate surface area is 143 Å². The number of piperidine rings is 1. The fraction of sp³-hybridized carbons (Fsp3) is 0.611. The minimum absolute atomic E-state index is 0.169. The molecule has 1 aromatic rings. The highest BCUT2D eigenvalue weighted by Crippen LogP contribution is 2.51. The average Bonchev–Trinajstić information content (AvgIpc) is 2.91. The van der Waals surface area contributed by atoms with Gasteiger partial charge in [-0.2, -0.15) is 0 Å².